The molecule has 1 aromatic heterocycles. The van der Waals surface area contributed by atoms with Crippen LogP contribution in [0.1, 0.15) is 20.8 Å². The Morgan fingerprint density at radius 3 is 2.67 bits per heavy atom. The van der Waals surface area contributed by atoms with E-state index in [1.165, 1.54) is 12.1 Å². The molecule has 0 aliphatic heterocycles. The van der Waals surface area contributed by atoms with Gasteiger partial charge >= 0.3 is 6.09 Å². The van der Waals surface area contributed by atoms with Gasteiger partial charge in [-0.25, -0.2) is 9.18 Å². The van der Waals surface area contributed by atoms with Crippen molar-refractivity contribution < 1.29 is 13.9 Å². The average Bonchev–Trinajstić information content (AvgIpc) is 2.73. The lowest BCUT2D eigenvalue weighted by Gasteiger charge is -2.18. The summed E-state index contributed by atoms with van der Waals surface area (Å²) in [6, 6.07) is 6.08. The first kappa shape index (κ1) is 15.5. The van der Waals surface area contributed by atoms with Crippen LogP contribution in [0.25, 0.3) is 11.3 Å². The van der Waals surface area contributed by atoms with Gasteiger partial charge in [0.2, 0.25) is 0 Å². The number of amides is 1. The van der Waals surface area contributed by atoms with Crippen LogP contribution in [0.4, 0.5) is 15.0 Å². The highest BCUT2D eigenvalue weighted by Gasteiger charge is 2.17. The van der Waals surface area contributed by atoms with Gasteiger partial charge in [-0.15, -0.1) is 0 Å². The molecule has 0 atom stereocenters. The second kappa shape index (κ2) is 5.85. The number of hydrogen-bond acceptors (Lipinski definition) is 3. The molecule has 1 heterocycles. The summed E-state index contributed by atoms with van der Waals surface area (Å²) in [6.07, 6.45) is -0.596. The van der Waals surface area contributed by atoms with Crippen molar-refractivity contribution in [2.75, 3.05) is 5.32 Å². The Bertz CT molecular complexity index is 644. The number of aromatic amines is 1. The van der Waals surface area contributed by atoms with Crippen LogP contribution >= 0.6 is 15.9 Å². The summed E-state index contributed by atoms with van der Waals surface area (Å²) in [7, 11) is 0. The second-order valence-corrected chi connectivity index (χ2v) is 6.37. The summed E-state index contributed by atoms with van der Waals surface area (Å²) in [5.74, 6) is -0.0599. The lowest BCUT2D eigenvalue weighted by Crippen LogP contribution is -2.27. The van der Waals surface area contributed by atoms with Crippen LogP contribution in [0.15, 0.2) is 28.7 Å². The molecule has 0 aliphatic carbocycles. The number of anilines is 1. The normalized spacial score (nSPS) is 11.3. The molecule has 0 bridgehead atoms. The lowest BCUT2D eigenvalue weighted by atomic mass is 10.1. The number of H-pyrrole nitrogens is 1. The van der Waals surface area contributed by atoms with Gasteiger partial charge in [0.15, 0.2) is 5.82 Å². The van der Waals surface area contributed by atoms with Crippen LogP contribution in [-0.2, 0) is 4.74 Å². The summed E-state index contributed by atoms with van der Waals surface area (Å²) in [5, 5.41) is 9.19. The maximum Gasteiger partial charge on any atom is 0.413 e. The van der Waals surface area contributed by atoms with E-state index < -0.39 is 11.7 Å². The number of nitrogens with one attached hydrogen (secondary N) is 2. The highest BCUT2D eigenvalue weighted by Crippen LogP contribution is 2.24. The third kappa shape index (κ3) is 4.56. The van der Waals surface area contributed by atoms with Crippen molar-refractivity contribution in [3.8, 4) is 11.3 Å². The minimum absolute atomic E-state index is 0.305. The van der Waals surface area contributed by atoms with Gasteiger partial charge in [0.1, 0.15) is 11.4 Å². The Balaban J connectivity index is 2.13. The van der Waals surface area contributed by atoms with E-state index in [0.29, 0.717) is 21.5 Å². The summed E-state index contributed by atoms with van der Waals surface area (Å²) in [4.78, 5) is 11.6. The van der Waals surface area contributed by atoms with Gasteiger partial charge in [-0.1, -0.05) is 15.9 Å². The Morgan fingerprint density at radius 2 is 2.05 bits per heavy atom. The van der Waals surface area contributed by atoms with Crippen LogP contribution in [0.5, 0.6) is 0 Å². The van der Waals surface area contributed by atoms with Crippen molar-refractivity contribution >= 4 is 27.8 Å². The van der Waals surface area contributed by atoms with Crippen molar-refractivity contribution in [3.63, 3.8) is 0 Å². The molecule has 112 valence electrons. The summed E-state index contributed by atoms with van der Waals surface area (Å²) in [5.41, 5.74) is 0.615. The molecule has 0 saturated carbocycles. The van der Waals surface area contributed by atoms with E-state index in [1.54, 1.807) is 32.9 Å². The summed E-state index contributed by atoms with van der Waals surface area (Å²) >= 11 is 3.23. The molecular weight excluding hydrogens is 341 g/mol. The largest absolute Gasteiger partial charge is 0.444 e. The Labute approximate surface area is 130 Å². The summed E-state index contributed by atoms with van der Waals surface area (Å²) < 4.78 is 19.1. The van der Waals surface area contributed by atoms with E-state index in [4.69, 9.17) is 4.74 Å². The van der Waals surface area contributed by atoms with E-state index in [1.807, 2.05) is 0 Å². The molecule has 2 N–H and O–H groups in total. The minimum Gasteiger partial charge on any atom is -0.444 e. The van der Waals surface area contributed by atoms with Crippen molar-refractivity contribution in [1.82, 2.24) is 10.2 Å². The Hall–Kier alpha value is -1.89. The van der Waals surface area contributed by atoms with Crippen LogP contribution in [0, 0.1) is 5.82 Å². The molecule has 0 spiro atoms. The quantitative estimate of drug-likeness (QED) is 0.842. The van der Waals surface area contributed by atoms with Crippen LogP contribution in [-0.4, -0.2) is 21.9 Å². The fourth-order valence-electron chi connectivity index (χ4n) is 1.65. The fourth-order valence-corrected chi connectivity index (χ4v) is 2.12. The SMILES string of the molecule is CC(C)(C)OC(=O)Nc1cc(-c2cc(F)cc(Br)c2)[nH]n1. The maximum absolute atomic E-state index is 13.4. The smallest absolute Gasteiger partial charge is 0.413 e. The molecular formula is C14H15BrFN3O2. The molecule has 2 rings (SSSR count). The number of carbonyl (C=O) groups is 1. The number of halogens is 2. The third-order valence-corrected chi connectivity index (χ3v) is 2.84. The zero-order chi connectivity index (χ0) is 15.6. The van der Waals surface area contributed by atoms with Crippen molar-refractivity contribution in [1.29, 1.82) is 0 Å². The number of benzene rings is 1. The average molecular weight is 356 g/mol. The number of rotatable bonds is 2. The van der Waals surface area contributed by atoms with Crippen molar-refractivity contribution in [2.45, 2.75) is 26.4 Å². The zero-order valence-corrected chi connectivity index (χ0v) is 13.4. The van der Waals surface area contributed by atoms with Crippen LogP contribution in [0.2, 0.25) is 0 Å². The predicted molar refractivity (Wildman–Crippen MR) is 81.5 cm³/mol. The van der Waals surface area contributed by atoms with E-state index in [0.717, 1.165) is 0 Å². The molecule has 0 radical (unpaired) electrons. The first-order valence-electron chi connectivity index (χ1n) is 6.25. The van der Waals surface area contributed by atoms with Gasteiger partial charge in [0.25, 0.3) is 0 Å². The fraction of sp³-hybridized carbons (Fsp3) is 0.286. The highest BCUT2D eigenvalue weighted by molar-refractivity contribution is 9.10. The van der Waals surface area contributed by atoms with Crippen molar-refractivity contribution in [3.05, 3.63) is 34.6 Å². The molecule has 0 fully saturated rings. The van der Waals surface area contributed by atoms with Gasteiger partial charge in [-0.3, -0.25) is 10.4 Å². The molecule has 21 heavy (non-hydrogen) atoms. The van der Waals surface area contributed by atoms with E-state index in [-0.39, 0.29) is 5.82 Å². The van der Waals surface area contributed by atoms with Gasteiger partial charge < -0.3 is 4.74 Å². The maximum atomic E-state index is 13.4. The van der Waals surface area contributed by atoms with Gasteiger partial charge in [0.05, 0.1) is 5.69 Å². The van der Waals surface area contributed by atoms with Crippen LogP contribution < -0.4 is 5.32 Å². The minimum atomic E-state index is -0.596. The molecule has 1 amide bonds. The van der Waals surface area contributed by atoms with Gasteiger partial charge in [0, 0.05) is 16.1 Å². The third-order valence-electron chi connectivity index (χ3n) is 2.38. The van der Waals surface area contributed by atoms with Crippen LogP contribution in [0.3, 0.4) is 0 Å². The molecule has 0 unspecified atom stereocenters. The molecule has 7 heteroatoms. The van der Waals surface area contributed by atoms with E-state index >= 15 is 0 Å². The predicted octanol–water partition coefficient (Wildman–Crippen LogP) is 4.33. The monoisotopic (exact) mass is 355 g/mol. The van der Waals surface area contributed by atoms with Gasteiger partial charge in [-0.2, -0.15) is 5.10 Å². The van der Waals surface area contributed by atoms with E-state index in [9.17, 15) is 9.18 Å². The number of nitrogens with zero attached hydrogens (tertiary/aromatic N) is 1. The number of aromatic nitrogens is 2. The van der Waals surface area contributed by atoms with E-state index in [2.05, 4.69) is 31.4 Å². The highest BCUT2D eigenvalue weighted by atomic mass is 79.9. The molecule has 2 aromatic rings. The second-order valence-electron chi connectivity index (χ2n) is 5.45. The molecule has 0 aliphatic rings. The van der Waals surface area contributed by atoms with Crippen molar-refractivity contribution in [2.24, 2.45) is 0 Å². The standard InChI is InChI=1S/C14H15BrFN3O2/c1-14(2,3)21-13(20)17-12-7-11(18-19-12)8-4-9(15)6-10(16)5-8/h4-7H,1-3H3,(H2,17,18,19,20). The first-order valence-corrected chi connectivity index (χ1v) is 7.04. The molecule has 5 nitrogen and oxygen atoms in total. The Kier molecular flexibility index (Phi) is 4.32. The topological polar surface area (TPSA) is 67.0 Å². The lowest BCUT2D eigenvalue weighted by molar-refractivity contribution is 0.0635. The molecule has 0 saturated heterocycles. The number of carbonyl (C=O) groups excluding carboxylic acids is 1. The number of ether oxygens (including phenoxy) is 1. The zero-order valence-electron chi connectivity index (χ0n) is 11.8. The Morgan fingerprint density at radius 1 is 1.33 bits per heavy atom. The number of hydrogen-bond donors (Lipinski definition) is 2. The first-order chi connectivity index (χ1) is 9.73. The molecule has 1 aromatic carbocycles. The van der Waals surface area contributed by atoms with Gasteiger partial charge in [-0.05, 0) is 39.0 Å². The summed E-state index contributed by atoms with van der Waals surface area (Å²) in [6.45, 7) is 5.31.